The van der Waals surface area contributed by atoms with E-state index in [0.29, 0.717) is 36.0 Å². The number of thioether (sulfide) groups is 1. The van der Waals surface area contributed by atoms with Crippen LogP contribution in [-0.2, 0) is 4.79 Å². The maximum absolute atomic E-state index is 13.2. The Morgan fingerprint density at radius 1 is 0.967 bits per heavy atom. The van der Waals surface area contributed by atoms with Gasteiger partial charge in [0.1, 0.15) is 5.75 Å². The second-order valence-electron chi connectivity index (χ2n) is 6.31. The molecule has 0 bridgehead atoms. The second kappa shape index (κ2) is 8.86. The van der Waals surface area contributed by atoms with Crippen molar-refractivity contribution in [3.05, 3.63) is 91.7 Å². The van der Waals surface area contributed by atoms with Crippen LogP contribution in [0.1, 0.15) is 5.56 Å². The summed E-state index contributed by atoms with van der Waals surface area (Å²) in [6, 6.07) is 19.1. The number of carbonyl (C=O) groups is 1. The lowest BCUT2D eigenvalue weighted by Crippen LogP contribution is -2.28. The molecule has 4 nitrogen and oxygen atoms in total. The fourth-order valence-electron chi connectivity index (χ4n) is 2.76. The first-order chi connectivity index (χ1) is 14.4. The Morgan fingerprint density at radius 2 is 1.60 bits per heavy atom. The molecule has 0 aliphatic carbocycles. The van der Waals surface area contributed by atoms with Crippen molar-refractivity contribution in [1.82, 2.24) is 0 Å². The molecule has 0 spiro atoms. The fourth-order valence-corrected chi connectivity index (χ4v) is 4.41. The number of rotatable bonds is 3. The molecule has 1 saturated heterocycles. The van der Waals surface area contributed by atoms with E-state index < -0.39 is 0 Å². The lowest BCUT2D eigenvalue weighted by Gasteiger charge is -2.15. The summed E-state index contributed by atoms with van der Waals surface area (Å²) >= 11 is 16.6. The molecule has 0 aromatic heterocycles. The third-order valence-electron chi connectivity index (χ3n) is 4.21. The van der Waals surface area contributed by atoms with Gasteiger partial charge in [-0.15, -0.1) is 0 Å². The number of hydrogen-bond acceptors (Lipinski definition) is 4. The average molecular weight is 520 g/mol. The number of amidine groups is 1. The van der Waals surface area contributed by atoms with Gasteiger partial charge in [-0.2, -0.15) is 0 Å². The van der Waals surface area contributed by atoms with Crippen molar-refractivity contribution < 1.29 is 9.90 Å². The predicted molar refractivity (Wildman–Crippen MR) is 129 cm³/mol. The maximum atomic E-state index is 13.2. The molecule has 1 fully saturated rings. The van der Waals surface area contributed by atoms with Crippen molar-refractivity contribution in [3.63, 3.8) is 0 Å². The molecular formula is C22H13BrCl2N2O2S. The zero-order valence-corrected chi connectivity index (χ0v) is 19.1. The van der Waals surface area contributed by atoms with Crippen LogP contribution < -0.4 is 4.90 Å². The number of anilines is 1. The van der Waals surface area contributed by atoms with Gasteiger partial charge in [0.25, 0.3) is 5.91 Å². The first-order valence-corrected chi connectivity index (χ1v) is 11.1. The van der Waals surface area contributed by atoms with Gasteiger partial charge in [0, 0.05) is 10.0 Å². The highest BCUT2D eigenvalue weighted by molar-refractivity contribution is 9.10. The summed E-state index contributed by atoms with van der Waals surface area (Å²) in [7, 11) is 0. The number of benzene rings is 3. The van der Waals surface area contributed by atoms with Crippen molar-refractivity contribution >= 4 is 79.4 Å². The Morgan fingerprint density at radius 3 is 2.23 bits per heavy atom. The van der Waals surface area contributed by atoms with Crippen LogP contribution >= 0.6 is 50.9 Å². The molecule has 3 aromatic carbocycles. The molecule has 0 atom stereocenters. The van der Waals surface area contributed by atoms with Crippen LogP contribution in [0.2, 0.25) is 10.0 Å². The highest BCUT2D eigenvalue weighted by atomic mass is 79.9. The Hall–Kier alpha value is -2.25. The summed E-state index contributed by atoms with van der Waals surface area (Å²) in [5.41, 5.74) is 2.13. The van der Waals surface area contributed by atoms with Gasteiger partial charge in [-0.3, -0.25) is 9.69 Å². The Labute approximate surface area is 196 Å². The van der Waals surface area contributed by atoms with Gasteiger partial charge >= 0.3 is 0 Å². The number of aliphatic imine (C=N–C) groups is 1. The number of phenolic OH excluding ortho intramolecular Hbond substituents is 1. The van der Waals surface area contributed by atoms with E-state index in [0.717, 1.165) is 5.56 Å². The molecule has 30 heavy (non-hydrogen) atoms. The van der Waals surface area contributed by atoms with Crippen LogP contribution in [0.5, 0.6) is 5.75 Å². The van der Waals surface area contributed by atoms with Gasteiger partial charge < -0.3 is 5.11 Å². The van der Waals surface area contributed by atoms with Crippen LogP contribution in [0.15, 0.2) is 81.1 Å². The second-order valence-corrected chi connectivity index (χ2v) is 9.05. The van der Waals surface area contributed by atoms with Crippen molar-refractivity contribution in [2.24, 2.45) is 4.99 Å². The number of nitrogens with zero attached hydrogens (tertiary/aromatic N) is 2. The van der Waals surface area contributed by atoms with Gasteiger partial charge in [-0.1, -0.05) is 29.3 Å². The van der Waals surface area contributed by atoms with Gasteiger partial charge in [0.15, 0.2) is 5.17 Å². The number of halogens is 3. The van der Waals surface area contributed by atoms with Crippen LogP contribution in [0.4, 0.5) is 11.4 Å². The molecule has 8 heteroatoms. The highest BCUT2D eigenvalue weighted by Gasteiger charge is 2.34. The molecule has 0 saturated carbocycles. The standard InChI is InChI=1S/C22H13BrCl2N2O2S/c23-18-11-13(1-10-19(18)28)12-20-21(29)27(17-8-4-15(25)5-9-17)22(30-20)26-16-6-2-14(24)3-7-16/h1-12,28H/b20-12-,26-22?. The van der Waals surface area contributed by atoms with E-state index in [1.54, 1.807) is 77.7 Å². The summed E-state index contributed by atoms with van der Waals surface area (Å²) in [5, 5.41) is 11.4. The predicted octanol–water partition coefficient (Wildman–Crippen LogP) is 7.27. The lowest BCUT2D eigenvalue weighted by molar-refractivity contribution is -0.113. The van der Waals surface area contributed by atoms with Gasteiger partial charge in [0.05, 0.1) is 20.8 Å². The van der Waals surface area contributed by atoms with Crippen LogP contribution in [0.25, 0.3) is 6.08 Å². The summed E-state index contributed by atoms with van der Waals surface area (Å²) < 4.78 is 0.553. The highest BCUT2D eigenvalue weighted by Crippen LogP contribution is 2.38. The topological polar surface area (TPSA) is 52.9 Å². The number of hydrogen-bond donors (Lipinski definition) is 1. The smallest absolute Gasteiger partial charge is 0.271 e. The Kier molecular flexibility index (Phi) is 6.20. The maximum Gasteiger partial charge on any atom is 0.271 e. The Bertz CT molecular complexity index is 1180. The van der Waals surface area contributed by atoms with Gasteiger partial charge in [0.2, 0.25) is 0 Å². The number of amides is 1. The zero-order valence-electron chi connectivity index (χ0n) is 15.2. The van der Waals surface area contributed by atoms with Crippen LogP contribution in [-0.4, -0.2) is 16.2 Å². The molecule has 0 radical (unpaired) electrons. The fraction of sp³-hybridized carbons (Fsp3) is 0. The number of aromatic hydroxyl groups is 1. The van der Waals surface area contributed by atoms with E-state index in [4.69, 9.17) is 23.2 Å². The average Bonchev–Trinajstić information content (AvgIpc) is 3.02. The Balaban J connectivity index is 1.77. The molecule has 1 N–H and O–H groups in total. The molecule has 150 valence electrons. The molecule has 1 heterocycles. The molecule has 1 aliphatic rings. The van der Waals surface area contributed by atoms with Crippen molar-refractivity contribution in [2.45, 2.75) is 0 Å². The number of carbonyl (C=O) groups excluding carboxylic acids is 1. The third kappa shape index (κ3) is 4.57. The first kappa shape index (κ1) is 21.0. The number of phenols is 1. The largest absolute Gasteiger partial charge is 0.507 e. The zero-order chi connectivity index (χ0) is 21.3. The third-order valence-corrected chi connectivity index (χ3v) is 6.32. The van der Waals surface area contributed by atoms with Gasteiger partial charge in [-0.25, -0.2) is 4.99 Å². The van der Waals surface area contributed by atoms with E-state index >= 15 is 0 Å². The van der Waals surface area contributed by atoms with E-state index in [-0.39, 0.29) is 11.7 Å². The summed E-state index contributed by atoms with van der Waals surface area (Å²) in [4.78, 5) is 20.0. The molecular weight excluding hydrogens is 507 g/mol. The van der Waals surface area contributed by atoms with E-state index in [1.807, 2.05) is 0 Å². The van der Waals surface area contributed by atoms with Crippen molar-refractivity contribution in [2.75, 3.05) is 4.90 Å². The molecule has 1 amide bonds. The minimum Gasteiger partial charge on any atom is -0.507 e. The first-order valence-electron chi connectivity index (χ1n) is 8.73. The quantitative estimate of drug-likeness (QED) is 0.370. The molecule has 1 aliphatic heterocycles. The minimum absolute atomic E-state index is 0.135. The van der Waals surface area contributed by atoms with Gasteiger partial charge in [-0.05, 0) is 100.0 Å². The summed E-state index contributed by atoms with van der Waals surface area (Å²) in [6.45, 7) is 0. The summed E-state index contributed by atoms with van der Waals surface area (Å²) in [5.74, 6) is -0.0606. The van der Waals surface area contributed by atoms with E-state index in [9.17, 15) is 9.90 Å². The van der Waals surface area contributed by atoms with Crippen LogP contribution in [0, 0.1) is 0 Å². The molecule has 4 rings (SSSR count). The summed E-state index contributed by atoms with van der Waals surface area (Å²) in [6.07, 6.45) is 1.77. The SMILES string of the molecule is O=C1/C(=C/c2ccc(O)c(Br)c2)SC(=Nc2ccc(Cl)cc2)N1c1ccc(Cl)cc1. The van der Waals surface area contributed by atoms with Crippen LogP contribution in [0.3, 0.4) is 0 Å². The lowest BCUT2D eigenvalue weighted by atomic mass is 10.2. The normalized spacial score (nSPS) is 16.6. The van der Waals surface area contributed by atoms with E-state index in [1.165, 1.54) is 11.8 Å². The van der Waals surface area contributed by atoms with E-state index in [2.05, 4.69) is 20.9 Å². The molecule has 0 unspecified atom stereocenters. The monoisotopic (exact) mass is 518 g/mol. The van der Waals surface area contributed by atoms with Crippen molar-refractivity contribution in [1.29, 1.82) is 0 Å². The minimum atomic E-state index is -0.195. The van der Waals surface area contributed by atoms with Crippen molar-refractivity contribution in [3.8, 4) is 5.75 Å². The molecule has 3 aromatic rings.